The van der Waals surface area contributed by atoms with Crippen LogP contribution in [0.1, 0.15) is 25.8 Å². The highest BCUT2D eigenvalue weighted by molar-refractivity contribution is 9.10. The van der Waals surface area contributed by atoms with Crippen LogP contribution in [-0.4, -0.2) is 11.8 Å². The number of nitrogens with two attached hydrogens (primary N) is 1. The van der Waals surface area contributed by atoms with Crippen LogP contribution >= 0.6 is 15.9 Å². The molecule has 0 fully saturated rings. The number of carbonyl (C=O) groups excluding carboxylic acids is 1. The number of ketones is 1. The van der Waals surface area contributed by atoms with Crippen LogP contribution in [0.4, 0.5) is 4.39 Å². The van der Waals surface area contributed by atoms with E-state index < -0.39 is 6.04 Å². The van der Waals surface area contributed by atoms with Crippen molar-refractivity contribution in [3.8, 4) is 0 Å². The molecular formula is C13H17BrFNO. The van der Waals surface area contributed by atoms with E-state index in [-0.39, 0.29) is 23.9 Å². The zero-order chi connectivity index (χ0) is 13.0. The molecule has 0 saturated carbocycles. The summed E-state index contributed by atoms with van der Waals surface area (Å²) in [6.45, 7) is 3.92. The van der Waals surface area contributed by atoms with Gasteiger partial charge in [0, 0.05) is 10.9 Å². The Morgan fingerprint density at radius 2 is 2.18 bits per heavy atom. The third kappa shape index (κ3) is 3.89. The number of halogens is 2. The van der Waals surface area contributed by atoms with Crippen LogP contribution in [0.15, 0.2) is 22.7 Å². The summed E-state index contributed by atoms with van der Waals surface area (Å²) in [5.74, 6) is -0.356. The van der Waals surface area contributed by atoms with Gasteiger partial charge in [-0.1, -0.05) is 42.3 Å². The summed E-state index contributed by atoms with van der Waals surface area (Å²) in [6, 6.07) is 4.18. The second-order valence-electron chi connectivity index (χ2n) is 4.29. The van der Waals surface area contributed by atoms with Crippen molar-refractivity contribution in [1.82, 2.24) is 0 Å². The van der Waals surface area contributed by atoms with E-state index in [1.165, 1.54) is 6.07 Å². The van der Waals surface area contributed by atoms with Gasteiger partial charge in [-0.25, -0.2) is 4.39 Å². The molecule has 0 aliphatic rings. The fourth-order valence-electron chi connectivity index (χ4n) is 1.54. The van der Waals surface area contributed by atoms with Crippen LogP contribution in [0.3, 0.4) is 0 Å². The monoisotopic (exact) mass is 301 g/mol. The lowest BCUT2D eigenvalue weighted by Crippen LogP contribution is -2.37. The largest absolute Gasteiger partial charge is 0.321 e. The summed E-state index contributed by atoms with van der Waals surface area (Å²) in [5.41, 5.74) is 6.22. The molecule has 0 aromatic heterocycles. The van der Waals surface area contributed by atoms with Gasteiger partial charge in [0.05, 0.1) is 6.04 Å². The first-order valence-corrected chi connectivity index (χ1v) is 6.47. The fraction of sp³-hybridized carbons (Fsp3) is 0.462. The second-order valence-corrected chi connectivity index (χ2v) is 5.21. The topological polar surface area (TPSA) is 43.1 Å². The van der Waals surface area contributed by atoms with Gasteiger partial charge in [0.1, 0.15) is 5.82 Å². The molecule has 0 saturated heterocycles. The number of Topliss-reactive ketones (excluding diaryl/α,β-unsaturated/α-hetero) is 1. The minimum atomic E-state index is -0.511. The van der Waals surface area contributed by atoms with Gasteiger partial charge >= 0.3 is 0 Å². The van der Waals surface area contributed by atoms with Crippen molar-refractivity contribution in [2.24, 2.45) is 11.7 Å². The molecule has 94 valence electrons. The van der Waals surface area contributed by atoms with Gasteiger partial charge in [-0.05, 0) is 23.6 Å². The quantitative estimate of drug-likeness (QED) is 0.908. The Labute approximate surface area is 110 Å². The average Bonchev–Trinajstić information content (AvgIpc) is 2.30. The standard InChI is InChI=1S/C13H17BrFNO/c1-3-8(2)13(16)12(17)6-9-4-5-10(14)7-11(9)15/h4-5,7-8,13H,3,6,16H2,1-2H3. The van der Waals surface area contributed by atoms with E-state index in [4.69, 9.17) is 5.73 Å². The summed E-state index contributed by atoms with van der Waals surface area (Å²) >= 11 is 3.18. The maximum Gasteiger partial charge on any atom is 0.154 e. The number of benzene rings is 1. The Balaban J connectivity index is 2.74. The van der Waals surface area contributed by atoms with Gasteiger partial charge in [0.25, 0.3) is 0 Å². The minimum Gasteiger partial charge on any atom is -0.321 e. The highest BCUT2D eigenvalue weighted by atomic mass is 79.9. The summed E-state index contributed by atoms with van der Waals surface area (Å²) in [6.07, 6.45) is 0.903. The molecule has 1 aromatic rings. The third-order valence-corrected chi connectivity index (χ3v) is 3.50. The molecule has 17 heavy (non-hydrogen) atoms. The van der Waals surface area contributed by atoms with Crippen LogP contribution in [0.2, 0.25) is 0 Å². The number of carbonyl (C=O) groups is 1. The molecule has 1 rings (SSSR count). The van der Waals surface area contributed by atoms with Gasteiger partial charge in [-0.2, -0.15) is 0 Å². The molecular weight excluding hydrogens is 285 g/mol. The first-order valence-electron chi connectivity index (χ1n) is 5.68. The van der Waals surface area contributed by atoms with E-state index >= 15 is 0 Å². The van der Waals surface area contributed by atoms with Crippen molar-refractivity contribution in [1.29, 1.82) is 0 Å². The lowest BCUT2D eigenvalue weighted by molar-refractivity contribution is -0.120. The molecule has 0 spiro atoms. The zero-order valence-electron chi connectivity index (χ0n) is 10.0. The van der Waals surface area contributed by atoms with Crippen LogP contribution < -0.4 is 5.73 Å². The van der Waals surface area contributed by atoms with Crippen molar-refractivity contribution < 1.29 is 9.18 Å². The average molecular weight is 302 g/mol. The first kappa shape index (κ1) is 14.3. The van der Waals surface area contributed by atoms with Crippen molar-refractivity contribution >= 4 is 21.7 Å². The summed E-state index contributed by atoms with van der Waals surface area (Å²) in [7, 11) is 0. The molecule has 0 aliphatic heterocycles. The van der Waals surface area contributed by atoms with Crippen molar-refractivity contribution in [2.75, 3.05) is 0 Å². The molecule has 2 nitrogen and oxygen atoms in total. The van der Waals surface area contributed by atoms with Crippen LogP contribution in [0.5, 0.6) is 0 Å². The van der Waals surface area contributed by atoms with Crippen LogP contribution in [0.25, 0.3) is 0 Å². The molecule has 2 unspecified atom stereocenters. The van der Waals surface area contributed by atoms with Crippen LogP contribution in [-0.2, 0) is 11.2 Å². The Morgan fingerprint density at radius 3 is 2.71 bits per heavy atom. The van der Waals surface area contributed by atoms with Gasteiger partial charge in [0.2, 0.25) is 0 Å². The number of hydrogen-bond donors (Lipinski definition) is 1. The predicted octanol–water partition coefficient (Wildman–Crippen LogP) is 3.07. The summed E-state index contributed by atoms with van der Waals surface area (Å²) in [5, 5.41) is 0. The smallest absolute Gasteiger partial charge is 0.154 e. The van der Waals surface area contributed by atoms with Gasteiger partial charge in [-0.3, -0.25) is 4.79 Å². The van der Waals surface area contributed by atoms with E-state index in [9.17, 15) is 9.18 Å². The Bertz CT molecular complexity index is 408. The molecule has 0 heterocycles. The van der Waals surface area contributed by atoms with E-state index in [0.717, 1.165) is 6.42 Å². The molecule has 0 bridgehead atoms. The van der Waals surface area contributed by atoms with Crippen molar-refractivity contribution in [2.45, 2.75) is 32.7 Å². The molecule has 2 atom stereocenters. The fourth-order valence-corrected chi connectivity index (χ4v) is 1.88. The number of rotatable bonds is 5. The van der Waals surface area contributed by atoms with Crippen molar-refractivity contribution in [3.05, 3.63) is 34.1 Å². The normalized spacial score (nSPS) is 14.4. The van der Waals surface area contributed by atoms with Crippen molar-refractivity contribution in [3.63, 3.8) is 0 Å². The van der Waals surface area contributed by atoms with Gasteiger partial charge < -0.3 is 5.73 Å². The van der Waals surface area contributed by atoms with E-state index in [2.05, 4.69) is 15.9 Å². The van der Waals surface area contributed by atoms with Crippen LogP contribution in [0, 0.1) is 11.7 Å². The maximum absolute atomic E-state index is 13.5. The predicted molar refractivity (Wildman–Crippen MR) is 70.2 cm³/mol. The van der Waals surface area contributed by atoms with Gasteiger partial charge in [-0.15, -0.1) is 0 Å². The molecule has 0 radical (unpaired) electrons. The van der Waals surface area contributed by atoms with E-state index in [1.807, 2.05) is 13.8 Å². The minimum absolute atomic E-state index is 0.0601. The van der Waals surface area contributed by atoms with E-state index in [1.54, 1.807) is 12.1 Å². The Hall–Kier alpha value is -0.740. The lowest BCUT2D eigenvalue weighted by atomic mass is 9.93. The molecule has 2 N–H and O–H groups in total. The maximum atomic E-state index is 13.5. The SMILES string of the molecule is CCC(C)C(N)C(=O)Cc1ccc(Br)cc1F. The summed E-state index contributed by atoms with van der Waals surface area (Å²) < 4.78 is 14.2. The van der Waals surface area contributed by atoms with Gasteiger partial charge in [0.15, 0.2) is 5.78 Å². The number of hydrogen-bond acceptors (Lipinski definition) is 2. The highest BCUT2D eigenvalue weighted by Crippen LogP contribution is 2.17. The first-order chi connectivity index (χ1) is 7.95. The van der Waals surface area contributed by atoms with E-state index in [0.29, 0.717) is 10.0 Å². The Kier molecular flexibility index (Phi) is 5.28. The second kappa shape index (κ2) is 6.26. The molecule has 0 aliphatic carbocycles. The highest BCUT2D eigenvalue weighted by Gasteiger charge is 2.20. The zero-order valence-corrected chi connectivity index (χ0v) is 11.6. The summed E-state index contributed by atoms with van der Waals surface area (Å²) in [4.78, 5) is 11.8. The molecule has 4 heteroatoms. The molecule has 0 amide bonds. The Morgan fingerprint density at radius 1 is 1.53 bits per heavy atom. The molecule has 1 aromatic carbocycles. The lowest BCUT2D eigenvalue weighted by Gasteiger charge is -2.17. The third-order valence-electron chi connectivity index (χ3n) is 3.01.